The minimum Gasteiger partial charge on any atom is -0.494 e. The van der Waals surface area contributed by atoms with Crippen molar-refractivity contribution in [3.63, 3.8) is 0 Å². The van der Waals surface area contributed by atoms with Crippen LogP contribution in [0.5, 0.6) is 5.75 Å². The lowest BCUT2D eigenvalue weighted by atomic mass is 10.3. The molecule has 0 bridgehead atoms. The molecule has 3 rings (SSSR count). The largest absolute Gasteiger partial charge is 0.494 e. The van der Waals surface area contributed by atoms with Crippen LogP contribution >= 0.6 is 23.1 Å². The zero-order valence-corrected chi connectivity index (χ0v) is 15.2. The summed E-state index contributed by atoms with van der Waals surface area (Å²) in [4.78, 5) is 29.0. The maximum Gasteiger partial charge on any atom is 0.258 e. The van der Waals surface area contributed by atoms with E-state index in [0.717, 1.165) is 11.4 Å². The fourth-order valence-electron chi connectivity index (χ4n) is 2.21. The lowest BCUT2D eigenvalue weighted by Gasteiger charge is -2.07. The van der Waals surface area contributed by atoms with Crippen molar-refractivity contribution in [1.82, 2.24) is 9.38 Å². The number of hydrogen-bond acceptors (Lipinski definition) is 6. The van der Waals surface area contributed by atoms with Crippen molar-refractivity contribution in [3.8, 4) is 5.75 Å². The molecule has 2 aromatic heterocycles. The number of carbonyl (C=O) groups is 1. The second-order valence-electron chi connectivity index (χ2n) is 5.14. The average Bonchev–Trinajstić information content (AvgIpc) is 3.06. The summed E-state index contributed by atoms with van der Waals surface area (Å²) in [6.45, 7) is 2.53. The molecule has 3 aromatic rings. The number of anilines is 1. The Morgan fingerprint density at radius 1 is 1.36 bits per heavy atom. The highest BCUT2D eigenvalue weighted by molar-refractivity contribution is 7.99. The number of benzene rings is 1. The third-order valence-corrected chi connectivity index (χ3v) is 5.01. The average molecular weight is 375 g/mol. The normalized spacial score (nSPS) is 10.8. The molecule has 25 heavy (non-hydrogen) atoms. The van der Waals surface area contributed by atoms with Gasteiger partial charge in [0.25, 0.3) is 5.56 Å². The molecule has 8 heteroatoms. The minimum absolute atomic E-state index is 0.0944. The van der Waals surface area contributed by atoms with E-state index in [9.17, 15) is 9.59 Å². The topological polar surface area (TPSA) is 72.7 Å². The van der Waals surface area contributed by atoms with Gasteiger partial charge in [-0.15, -0.1) is 23.1 Å². The lowest BCUT2D eigenvalue weighted by molar-refractivity contribution is -0.113. The number of nitrogens with zero attached hydrogens (tertiary/aromatic N) is 2. The van der Waals surface area contributed by atoms with Crippen LogP contribution < -0.4 is 15.6 Å². The smallest absolute Gasteiger partial charge is 0.258 e. The number of fused-ring (bicyclic) bond motifs is 1. The summed E-state index contributed by atoms with van der Waals surface area (Å²) < 4.78 is 6.88. The number of hydrogen-bond donors (Lipinski definition) is 1. The fraction of sp³-hybridized carbons (Fsp3) is 0.235. The van der Waals surface area contributed by atoms with Gasteiger partial charge in [0, 0.05) is 29.1 Å². The molecule has 0 saturated carbocycles. The second kappa shape index (κ2) is 8.17. The SMILES string of the molecule is CCOc1ccc(NC(=O)CSCc2cc(=O)n3ccsc3n2)cc1. The third kappa shape index (κ3) is 4.61. The molecule has 0 aliphatic heterocycles. The highest BCUT2D eigenvalue weighted by atomic mass is 32.2. The fourth-order valence-corrected chi connectivity index (χ4v) is 3.66. The van der Waals surface area contributed by atoms with Crippen molar-refractivity contribution in [2.24, 2.45) is 0 Å². The van der Waals surface area contributed by atoms with Crippen LogP contribution in [0.3, 0.4) is 0 Å². The predicted molar refractivity (Wildman–Crippen MR) is 102 cm³/mol. The van der Waals surface area contributed by atoms with Gasteiger partial charge in [0.1, 0.15) is 5.75 Å². The number of amides is 1. The monoisotopic (exact) mass is 375 g/mol. The van der Waals surface area contributed by atoms with Crippen molar-refractivity contribution in [2.45, 2.75) is 12.7 Å². The summed E-state index contributed by atoms with van der Waals surface area (Å²) in [6, 6.07) is 8.76. The number of carbonyl (C=O) groups excluding carboxylic acids is 1. The second-order valence-corrected chi connectivity index (χ2v) is 7.00. The first-order chi connectivity index (χ1) is 12.2. The summed E-state index contributed by atoms with van der Waals surface area (Å²) in [5.74, 6) is 1.48. The third-order valence-electron chi connectivity index (χ3n) is 3.29. The molecule has 0 aliphatic rings. The van der Waals surface area contributed by atoms with Crippen molar-refractivity contribution < 1.29 is 9.53 Å². The van der Waals surface area contributed by atoms with Gasteiger partial charge in [0.15, 0.2) is 4.96 Å². The first-order valence-electron chi connectivity index (χ1n) is 7.72. The van der Waals surface area contributed by atoms with Crippen LogP contribution in [0, 0.1) is 0 Å². The van der Waals surface area contributed by atoms with E-state index in [0.29, 0.717) is 28.8 Å². The van der Waals surface area contributed by atoms with Gasteiger partial charge in [-0.25, -0.2) is 4.98 Å². The number of thiazole rings is 1. The molecule has 2 heterocycles. The van der Waals surface area contributed by atoms with Crippen LogP contribution in [-0.2, 0) is 10.5 Å². The van der Waals surface area contributed by atoms with Crippen molar-refractivity contribution in [2.75, 3.05) is 17.7 Å². The first kappa shape index (κ1) is 17.5. The summed E-state index contributed by atoms with van der Waals surface area (Å²) in [5.41, 5.74) is 1.32. The van der Waals surface area contributed by atoms with Crippen molar-refractivity contribution in [1.29, 1.82) is 0 Å². The van der Waals surface area contributed by atoms with Gasteiger partial charge in [-0.1, -0.05) is 0 Å². The number of aromatic nitrogens is 2. The summed E-state index contributed by atoms with van der Waals surface area (Å²) in [5, 5.41) is 4.66. The Morgan fingerprint density at radius 2 is 2.16 bits per heavy atom. The van der Waals surface area contributed by atoms with Crippen LogP contribution in [0.2, 0.25) is 0 Å². The van der Waals surface area contributed by atoms with Gasteiger partial charge in [0.2, 0.25) is 5.91 Å². The van der Waals surface area contributed by atoms with E-state index in [1.54, 1.807) is 18.3 Å². The van der Waals surface area contributed by atoms with E-state index < -0.39 is 0 Å². The molecule has 1 N–H and O–H groups in total. The van der Waals surface area contributed by atoms with Gasteiger partial charge in [-0.2, -0.15) is 0 Å². The first-order valence-corrected chi connectivity index (χ1v) is 9.75. The number of rotatable bonds is 7. The van der Waals surface area contributed by atoms with Crippen LogP contribution in [0.15, 0.2) is 46.7 Å². The Balaban J connectivity index is 1.50. The Kier molecular flexibility index (Phi) is 5.72. The van der Waals surface area contributed by atoms with E-state index in [1.807, 2.05) is 24.4 Å². The molecule has 1 amide bonds. The van der Waals surface area contributed by atoms with Crippen LogP contribution in [0.4, 0.5) is 5.69 Å². The predicted octanol–water partition coefficient (Wildman–Crippen LogP) is 3.03. The number of ether oxygens (including phenoxy) is 1. The van der Waals surface area contributed by atoms with E-state index in [1.165, 1.54) is 33.6 Å². The maximum atomic E-state index is 12.0. The van der Waals surface area contributed by atoms with Crippen LogP contribution in [-0.4, -0.2) is 27.7 Å². The summed E-state index contributed by atoms with van der Waals surface area (Å²) in [7, 11) is 0. The van der Waals surface area contributed by atoms with E-state index >= 15 is 0 Å². The standard InChI is InChI=1S/C17H17N3O3S2/c1-2-23-14-5-3-12(4-6-14)18-15(21)11-24-10-13-9-16(22)20-7-8-25-17(20)19-13/h3-9H,2,10-11H2,1H3,(H,18,21). The molecule has 0 fully saturated rings. The molecule has 0 radical (unpaired) electrons. The zero-order chi connectivity index (χ0) is 17.6. The van der Waals surface area contributed by atoms with Gasteiger partial charge >= 0.3 is 0 Å². The Bertz CT molecular complexity index is 919. The van der Waals surface area contributed by atoms with Crippen molar-refractivity contribution >= 4 is 39.7 Å². The highest BCUT2D eigenvalue weighted by Crippen LogP contribution is 2.17. The molecule has 0 saturated heterocycles. The molecule has 0 unspecified atom stereocenters. The van der Waals surface area contributed by atoms with Crippen molar-refractivity contribution in [3.05, 3.63) is 58.0 Å². The quantitative estimate of drug-likeness (QED) is 0.687. The molecular formula is C17H17N3O3S2. The zero-order valence-electron chi connectivity index (χ0n) is 13.6. The van der Waals surface area contributed by atoms with Gasteiger partial charge in [-0.3, -0.25) is 14.0 Å². The van der Waals surface area contributed by atoms with Gasteiger partial charge in [-0.05, 0) is 31.2 Å². The minimum atomic E-state index is -0.0966. The number of thioether (sulfide) groups is 1. The highest BCUT2D eigenvalue weighted by Gasteiger charge is 2.06. The molecule has 0 aliphatic carbocycles. The molecular weight excluding hydrogens is 358 g/mol. The van der Waals surface area contributed by atoms with Gasteiger partial charge < -0.3 is 10.1 Å². The Morgan fingerprint density at radius 3 is 2.92 bits per heavy atom. The Labute approximate surface area is 152 Å². The molecule has 6 nitrogen and oxygen atoms in total. The molecule has 0 atom stereocenters. The summed E-state index contributed by atoms with van der Waals surface area (Å²) >= 11 is 2.84. The Hall–Kier alpha value is -2.32. The van der Waals surface area contributed by atoms with Crippen LogP contribution in [0.1, 0.15) is 12.6 Å². The molecule has 130 valence electrons. The summed E-state index contributed by atoms with van der Waals surface area (Å²) in [6.07, 6.45) is 1.70. The number of nitrogens with one attached hydrogen (secondary N) is 1. The van der Waals surface area contributed by atoms with E-state index in [4.69, 9.17) is 4.74 Å². The van der Waals surface area contributed by atoms with E-state index in [-0.39, 0.29) is 11.5 Å². The molecule has 1 aromatic carbocycles. The van der Waals surface area contributed by atoms with E-state index in [2.05, 4.69) is 10.3 Å². The molecule has 0 spiro atoms. The van der Waals surface area contributed by atoms with Crippen LogP contribution in [0.25, 0.3) is 4.96 Å². The maximum absolute atomic E-state index is 12.0. The van der Waals surface area contributed by atoms with Gasteiger partial charge in [0.05, 0.1) is 18.1 Å². The lowest BCUT2D eigenvalue weighted by Crippen LogP contribution is -2.15.